The van der Waals surface area contributed by atoms with E-state index in [1.165, 1.54) is 0 Å². The summed E-state index contributed by atoms with van der Waals surface area (Å²) < 4.78 is 0. The van der Waals surface area contributed by atoms with Crippen LogP contribution in [0.2, 0.25) is 0 Å². The zero-order valence-electron chi connectivity index (χ0n) is 8.72. The van der Waals surface area contributed by atoms with E-state index >= 15 is 0 Å². The second kappa shape index (κ2) is 4.45. The maximum absolute atomic E-state index is 8.76. The fraction of sp³-hybridized carbons (Fsp3) is 0.0769. The van der Waals surface area contributed by atoms with Crippen molar-refractivity contribution in [2.75, 3.05) is 5.73 Å². The lowest BCUT2D eigenvalue weighted by atomic mass is 9.99. The number of benzene rings is 1. The van der Waals surface area contributed by atoms with Crippen LogP contribution in [0.25, 0.3) is 11.1 Å². The molecule has 1 aromatic carbocycles. The fourth-order valence-electron chi connectivity index (χ4n) is 1.70. The Morgan fingerprint density at radius 3 is 2.62 bits per heavy atom. The van der Waals surface area contributed by atoms with Gasteiger partial charge in [-0.1, -0.05) is 30.3 Å². The third kappa shape index (κ3) is 1.86. The molecule has 0 saturated heterocycles. The second-order valence-electron chi connectivity index (χ2n) is 3.46. The Bertz CT molecular complexity index is 527. The zero-order valence-corrected chi connectivity index (χ0v) is 8.72. The largest absolute Gasteiger partial charge is 0.397 e. The molecule has 0 saturated carbocycles. The van der Waals surface area contributed by atoms with Gasteiger partial charge in [-0.3, -0.25) is 4.98 Å². The van der Waals surface area contributed by atoms with E-state index in [0.29, 0.717) is 12.1 Å². The summed E-state index contributed by atoms with van der Waals surface area (Å²) in [4.78, 5) is 4.01. The number of nitriles is 1. The minimum Gasteiger partial charge on any atom is -0.397 e. The molecule has 0 fully saturated rings. The highest BCUT2D eigenvalue weighted by Crippen LogP contribution is 2.28. The lowest BCUT2D eigenvalue weighted by Crippen LogP contribution is -1.97. The summed E-state index contributed by atoms with van der Waals surface area (Å²) in [6.07, 6.45) is 3.63. The smallest absolute Gasteiger partial charge is 0.0670 e. The van der Waals surface area contributed by atoms with Crippen molar-refractivity contribution in [3.8, 4) is 17.2 Å². The lowest BCUT2D eigenvalue weighted by Gasteiger charge is -2.09. The molecule has 78 valence electrons. The van der Waals surface area contributed by atoms with E-state index in [2.05, 4.69) is 11.1 Å². The molecule has 0 spiro atoms. The van der Waals surface area contributed by atoms with E-state index in [0.717, 1.165) is 16.7 Å². The van der Waals surface area contributed by atoms with Crippen LogP contribution in [-0.2, 0) is 6.42 Å². The number of nitrogens with two attached hydrogens (primary N) is 1. The minimum absolute atomic E-state index is 0.322. The molecule has 1 heterocycles. The van der Waals surface area contributed by atoms with E-state index in [1.807, 2.05) is 30.3 Å². The second-order valence-corrected chi connectivity index (χ2v) is 3.46. The van der Waals surface area contributed by atoms with E-state index in [4.69, 9.17) is 11.0 Å². The normalized spacial score (nSPS) is 9.69. The number of rotatable bonds is 2. The highest BCUT2D eigenvalue weighted by molar-refractivity contribution is 5.78. The maximum atomic E-state index is 8.76. The van der Waals surface area contributed by atoms with Crippen LogP contribution in [0.1, 0.15) is 5.56 Å². The molecule has 0 bridgehead atoms. The van der Waals surface area contributed by atoms with E-state index in [1.54, 1.807) is 12.4 Å². The third-order valence-electron chi connectivity index (χ3n) is 2.39. The van der Waals surface area contributed by atoms with Crippen molar-refractivity contribution in [1.29, 1.82) is 5.26 Å². The molecule has 2 N–H and O–H groups in total. The van der Waals surface area contributed by atoms with Crippen LogP contribution >= 0.6 is 0 Å². The Labute approximate surface area is 94.2 Å². The SMILES string of the molecule is N#CCc1cncc(N)c1-c1ccccc1. The van der Waals surface area contributed by atoms with Gasteiger partial charge in [-0.15, -0.1) is 0 Å². The van der Waals surface area contributed by atoms with Gasteiger partial charge in [-0.25, -0.2) is 0 Å². The van der Waals surface area contributed by atoms with Crippen LogP contribution in [0.15, 0.2) is 42.7 Å². The molecule has 0 unspecified atom stereocenters. The average Bonchev–Trinajstić information content (AvgIpc) is 2.31. The minimum atomic E-state index is 0.322. The quantitative estimate of drug-likeness (QED) is 0.826. The summed E-state index contributed by atoms with van der Waals surface area (Å²) in [6.45, 7) is 0. The van der Waals surface area contributed by atoms with Crippen molar-refractivity contribution in [3.63, 3.8) is 0 Å². The molecule has 0 atom stereocenters. The topological polar surface area (TPSA) is 62.7 Å². The summed E-state index contributed by atoms with van der Waals surface area (Å²) in [5.41, 5.74) is 9.33. The summed E-state index contributed by atoms with van der Waals surface area (Å²) in [6, 6.07) is 11.9. The van der Waals surface area contributed by atoms with Crippen molar-refractivity contribution in [2.24, 2.45) is 0 Å². The Balaban J connectivity index is 2.60. The number of nitrogens with zero attached hydrogens (tertiary/aromatic N) is 2. The van der Waals surface area contributed by atoms with Crippen LogP contribution in [0, 0.1) is 11.3 Å². The predicted molar refractivity (Wildman–Crippen MR) is 63.4 cm³/mol. The van der Waals surface area contributed by atoms with E-state index in [9.17, 15) is 0 Å². The molecule has 16 heavy (non-hydrogen) atoms. The van der Waals surface area contributed by atoms with E-state index in [-0.39, 0.29) is 0 Å². The van der Waals surface area contributed by atoms with E-state index < -0.39 is 0 Å². The van der Waals surface area contributed by atoms with Crippen LogP contribution < -0.4 is 5.73 Å². The van der Waals surface area contributed by atoms with Crippen LogP contribution in [0.5, 0.6) is 0 Å². The number of aromatic nitrogens is 1. The van der Waals surface area contributed by atoms with Gasteiger partial charge < -0.3 is 5.73 Å². The Hall–Kier alpha value is -2.34. The number of hydrogen-bond donors (Lipinski definition) is 1. The van der Waals surface area contributed by atoms with Crippen LogP contribution in [-0.4, -0.2) is 4.98 Å². The lowest BCUT2D eigenvalue weighted by molar-refractivity contribution is 1.20. The van der Waals surface area contributed by atoms with Gasteiger partial charge >= 0.3 is 0 Å². The van der Waals surface area contributed by atoms with Gasteiger partial charge in [0, 0.05) is 11.8 Å². The van der Waals surface area contributed by atoms with Crippen LogP contribution in [0.4, 0.5) is 5.69 Å². The Kier molecular flexibility index (Phi) is 2.84. The molecular formula is C13H11N3. The molecule has 2 rings (SSSR count). The van der Waals surface area contributed by atoms with Crippen LogP contribution in [0.3, 0.4) is 0 Å². The Morgan fingerprint density at radius 1 is 1.19 bits per heavy atom. The monoisotopic (exact) mass is 209 g/mol. The van der Waals surface area contributed by atoms with Crippen molar-refractivity contribution in [1.82, 2.24) is 4.98 Å². The molecule has 0 aliphatic heterocycles. The molecule has 0 radical (unpaired) electrons. The fourth-order valence-corrected chi connectivity index (χ4v) is 1.70. The molecule has 3 nitrogen and oxygen atoms in total. The number of pyridine rings is 1. The summed E-state index contributed by atoms with van der Waals surface area (Å²) >= 11 is 0. The molecule has 1 aromatic heterocycles. The number of anilines is 1. The number of hydrogen-bond acceptors (Lipinski definition) is 3. The highest BCUT2D eigenvalue weighted by Gasteiger charge is 2.08. The van der Waals surface area contributed by atoms with Gasteiger partial charge in [-0.2, -0.15) is 5.26 Å². The molecular weight excluding hydrogens is 198 g/mol. The summed E-state index contributed by atoms with van der Waals surface area (Å²) in [5.74, 6) is 0. The first-order chi connectivity index (χ1) is 7.83. The molecule has 2 aromatic rings. The summed E-state index contributed by atoms with van der Waals surface area (Å²) in [7, 11) is 0. The summed E-state index contributed by atoms with van der Waals surface area (Å²) in [5, 5.41) is 8.76. The maximum Gasteiger partial charge on any atom is 0.0670 e. The van der Waals surface area contributed by atoms with Crippen molar-refractivity contribution in [3.05, 3.63) is 48.3 Å². The van der Waals surface area contributed by atoms with Gasteiger partial charge in [0.1, 0.15) is 0 Å². The van der Waals surface area contributed by atoms with Crippen molar-refractivity contribution < 1.29 is 0 Å². The average molecular weight is 209 g/mol. The van der Waals surface area contributed by atoms with Gasteiger partial charge in [0.05, 0.1) is 24.4 Å². The standard InChI is InChI=1S/C13H11N3/c14-7-6-11-8-16-9-12(15)13(11)10-4-2-1-3-5-10/h1-5,8-9H,6,15H2. The van der Waals surface area contributed by atoms with Gasteiger partial charge in [-0.05, 0) is 11.1 Å². The third-order valence-corrected chi connectivity index (χ3v) is 2.39. The molecule has 0 amide bonds. The first-order valence-corrected chi connectivity index (χ1v) is 4.97. The van der Waals surface area contributed by atoms with Gasteiger partial charge in [0.25, 0.3) is 0 Å². The molecule has 3 heteroatoms. The number of nitrogen functional groups attached to an aromatic ring is 1. The Morgan fingerprint density at radius 2 is 1.94 bits per heavy atom. The molecule has 0 aliphatic carbocycles. The highest BCUT2D eigenvalue weighted by atomic mass is 14.7. The van der Waals surface area contributed by atoms with Crippen molar-refractivity contribution >= 4 is 5.69 Å². The van der Waals surface area contributed by atoms with Crippen molar-refractivity contribution in [2.45, 2.75) is 6.42 Å². The first kappa shape index (κ1) is 10.2. The van der Waals surface area contributed by atoms with Gasteiger partial charge in [0.15, 0.2) is 0 Å². The molecule has 0 aliphatic rings. The van der Waals surface area contributed by atoms with Gasteiger partial charge in [0.2, 0.25) is 0 Å². The zero-order chi connectivity index (χ0) is 11.4. The first-order valence-electron chi connectivity index (χ1n) is 4.97. The predicted octanol–water partition coefficient (Wildman–Crippen LogP) is 2.40.